The zero-order valence-corrected chi connectivity index (χ0v) is 9.07. The van der Waals surface area contributed by atoms with E-state index in [2.05, 4.69) is 6.92 Å². The first-order chi connectivity index (χ1) is 6.16. The predicted molar refractivity (Wildman–Crippen MR) is 58.3 cm³/mol. The number of benzene rings is 1. The fourth-order valence-electron chi connectivity index (χ4n) is 1.27. The minimum absolute atomic E-state index is 0.00352. The van der Waals surface area contributed by atoms with Gasteiger partial charge in [0.1, 0.15) is 0 Å². The van der Waals surface area contributed by atoms with Crippen LogP contribution in [0.15, 0.2) is 18.2 Å². The van der Waals surface area contributed by atoms with E-state index in [1.807, 2.05) is 12.1 Å². The Morgan fingerprint density at radius 1 is 1.38 bits per heavy atom. The SMILES string of the molecule is CCC[C@@H](N)c1cccc(Cl)c1Cl. The predicted octanol–water partition coefficient (Wildman–Crippen LogP) is 3.79. The lowest BCUT2D eigenvalue weighted by molar-refractivity contribution is 0.639. The van der Waals surface area contributed by atoms with Crippen LogP contribution in [0.5, 0.6) is 0 Å². The van der Waals surface area contributed by atoms with E-state index in [1.165, 1.54) is 0 Å². The molecule has 0 aromatic heterocycles. The van der Waals surface area contributed by atoms with Crippen LogP contribution in [0.3, 0.4) is 0 Å². The molecule has 3 heteroatoms. The molecule has 2 N–H and O–H groups in total. The van der Waals surface area contributed by atoms with Gasteiger partial charge >= 0.3 is 0 Å². The van der Waals surface area contributed by atoms with E-state index in [0.29, 0.717) is 10.0 Å². The van der Waals surface area contributed by atoms with Crippen LogP contribution in [0.4, 0.5) is 0 Å². The molecule has 72 valence electrons. The van der Waals surface area contributed by atoms with Crippen LogP contribution in [0, 0.1) is 0 Å². The molecule has 0 spiro atoms. The van der Waals surface area contributed by atoms with E-state index in [0.717, 1.165) is 18.4 Å². The minimum atomic E-state index is -0.00352. The van der Waals surface area contributed by atoms with Crippen molar-refractivity contribution in [1.82, 2.24) is 0 Å². The molecular formula is C10H13Cl2N. The highest BCUT2D eigenvalue weighted by molar-refractivity contribution is 6.42. The van der Waals surface area contributed by atoms with Gasteiger partial charge in [-0.3, -0.25) is 0 Å². The van der Waals surface area contributed by atoms with Crippen LogP contribution in [-0.4, -0.2) is 0 Å². The van der Waals surface area contributed by atoms with Gasteiger partial charge in [0.25, 0.3) is 0 Å². The molecule has 1 aromatic carbocycles. The second kappa shape index (κ2) is 4.85. The third-order valence-electron chi connectivity index (χ3n) is 1.98. The van der Waals surface area contributed by atoms with Gasteiger partial charge in [0.15, 0.2) is 0 Å². The van der Waals surface area contributed by atoms with Crippen molar-refractivity contribution in [1.29, 1.82) is 0 Å². The van der Waals surface area contributed by atoms with Crippen molar-refractivity contribution in [3.63, 3.8) is 0 Å². The molecule has 0 radical (unpaired) electrons. The fourth-order valence-corrected chi connectivity index (χ4v) is 1.72. The number of rotatable bonds is 3. The van der Waals surface area contributed by atoms with E-state index < -0.39 is 0 Å². The summed E-state index contributed by atoms with van der Waals surface area (Å²) in [5.74, 6) is 0. The summed E-state index contributed by atoms with van der Waals surface area (Å²) in [4.78, 5) is 0. The Bertz CT molecular complexity index is 286. The maximum atomic E-state index is 6.01. The lowest BCUT2D eigenvalue weighted by Gasteiger charge is -2.12. The highest BCUT2D eigenvalue weighted by atomic mass is 35.5. The van der Waals surface area contributed by atoms with Gasteiger partial charge in [-0.15, -0.1) is 0 Å². The van der Waals surface area contributed by atoms with Gasteiger partial charge in [-0.05, 0) is 18.1 Å². The highest BCUT2D eigenvalue weighted by Gasteiger charge is 2.10. The lowest BCUT2D eigenvalue weighted by Crippen LogP contribution is -2.10. The van der Waals surface area contributed by atoms with E-state index in [9.17, 15) is 0 Å². The van der Waals surface area contributed by atoms with E-state index in [1.54, 1.807) is 6.07 Å². The largest absolute Gasteiger partial charge is 0.324 e. The summed E-state index contributed by atoms with van der Waals surface area (Å²) in [5.41, 5.74) is 6.87. The maximum Gasteiger partial charge on any atom is 0.0639 e. The van der Waals surface area contributed by atoms with E-state index in [4.69, 9.17) is 28.9 Å². The number of nitrogens with two attached hydrogens (primary N) is 1. The zero-order chi connectivity index (χ0) is 9.84. The average molecular weight is 218 g/mol. The first-order valence-corrected chi connectivity index (χ1v) is 5.12. The third-order valence-corrected chi connectivity index (χ3v) is 2.81. The van der Waals surface area contributed by atoms with Crippen molar-refractivity contribution in [2.24, 2.45) is 5.73 Å². The quantitative estimate of drug-likeness (QED) is 0.820. The Kier molecular flexibility index (Phi) is 4.04. The van der Waals surface area contributed by atoms with Gasteiger partial charge < -0.3 is 5.73 Å². The molecule has 0 saturated heterocycles. The first kappa shape index (κ1) is 10.8. The maximum absolute atomic E-state index is 6.01. The summed E-state index contributed by atoms with van der Waals surface area (Å²) in [5, 5.41) is 1.16. The Morgan fingerprint density at radius 2 is 2.08 bits per heavy atom. The monoisotopic (exact) mass is 217 g/mol. The topological polar surface area (TPSA) is 26.0 Å². The van der Waals surface area contributed by atoms with Crippen LogP contribution in [0.2, 0.25) is 10.0 Å². The van der Waals surface area contributed by atoms with Crippen LogP contribution < -0.4 is 5.73 Å². The van der Waals surface area contributed by atoms with E-state index >= 15 is 0 Å². The van der Waals surface area contributed by atoms with Crippen LogP contribution >= 0.6 is 23.2 Å². The Hall–Kier alpha value is -0.240. The van der Waals surface area contributed by atoms with Crippen molar-refractivity contribution in [3.8, 4) is 0 Å². The summed E-state index contributed by atoms with van der Waals surface area (Å²) < 4.78 is 0. The number of hydrogen-bond acceptors (Lipinski definition) is 1. The molecule has 1 aromatic rings. The molecule has 0 heterocycles. The average Bonchev–Trinajstić information content (AvgIpc) is 2.10. The number of halogens is 2. The van der Waals surface area contributed by atoms with Crippen molar-refractivity contribution in [2.45, 2.75) is 25.8 Å². The Balaban J connectivity index is 2.93. The molecule has 0 fully saturated rings. The molecule has 1 nitrogen and oxygen atoms in total. The van der Waals surface area contributed by atoms with E-state index in [-0.39, 0.29) is 6.04 Å². The summed E-state index contributed by atoms with van der Waals surface area (Å²) in [6.07, 6.45) is 1.98. The lowest BCUT2D eigenvalue weighted by atomic mass is 10.0. The van der Waals surface area contributed by atoms with Crippen molar-refractivity contribution in [3.05, 3.63) is 33.8 Å². The van der Waals surface area contributed by atoms with Crippen molar-refractivity contribution < 1.29 is 0 Å². The fraction of sp³-hybridized carbons (Fsp3) is 0.400. The molecule has 0 bridgehead atoms. The summed E-state index contributed by atoms with van der Waals surface area (Å²) in [6.45, 7) is 2.10. The molecular weight excluding hydrogens is 205 g/mol. The van der Waals surface area contributed by atoms with Crippen LogP contribution in [-0.2, 0) is 0 Å². The summed E-state index contributed by atoms with van der Waals surface area (Å²) in [7, 11) is 0. The molecule has 0 aliphatic heterocycles. The van der Waals surface area contributed by atoms with Gasteiger partial charge in [0, 0.05) is 6.04 Å². The van der Waals surface area contributed by atoms with Crippen LogP contribution in [0.1, 0.15) is 31.4 Å². The first-order valence-electron chi connectivity index (χ1n) is 4.36. The van der Waals surface area contributed by atoms with Crippen LogP contribution in [0.25, 0.3) is 0 Å². The second-order valence-electron chi connectivity index (χ2n) is 3.04. The highest BCUT2D eigenvalue weighted by Crippen LogP contribution is 2.30. The molecule has 0 unspecified atom stereocenters. The van der Waals surface area contributed by atoms with Gasteiger partial charge in [-0.1, -0.05) is 48.7 Å². The number of hydrogen-bond donors (Lipinski definition) is 1. The van der Waals surface area contributed by atoms with Gasteiger partial charge in [-0.25, -0.2) is 0 Å². The smallest absolute Gasteiger partial charge is 0.0639 e. The molecule has 0 aliphatic carbocycles. The third kappa shape index (κ3) is 2.60. The molecule has 0 saturated carbocycles. The Morgan fingerprint density at radius 3 is 2.69 bits per heavy atom. The molecule has 0 amide bonds. The molecule has 0 aliphatic rings. The summed E-state index contributed by atoms with van der Waals surface area (Å²) in [6, 6.07) is 5.57. The molecule has 1 atom stereocenters. The molecule has 13 heavy (non-hydrogen) atoms. The van der Waals surface area contributed by atoms with Gasteiger partial charge in [-0.2, -0.15) is 0 Å². The Labute approximate surface area is 88.8 Å². The van der Waals surface area contributed by atoms with Gasteiger partial charge in [0.2, 0.25) is 0 Å². The second-order valence-corrected chi connectivity index (χ2v) is 3.82. The minimum Gasteiger partial charge on any atom is -0.324 e. The summed E-state index contributed by atoms with van der Waals surface area (Å²) >= 11 is 11.9. The van der Waals surface area contributed by atoms with Crippen molar-refractivity contribution in [2.75, 3.05) is 0 Å². The van der Waals surface area contributed by atoms with Gasteiger partial charge in [0.05, 0.1) is 10.0 Å². The zero-order valence-electron chi connectivity index (χ0n) is 7.56. The molecule has 1 rings (SSSR count). The standard InChI is InChI=1S/C10H13Cl2N/c1-2-4-9(13)7-5-3-6-8(11)10(7)12/h3,5-6,9H,2,4,13H2,1H3/t9-/m1/s1. The normalized spacial score (nSPS) is 12.9. The van der Waals surface area contributed by atoms with Crippen molar-refractivity contribution >= 4 is 23.2 Å².